The van der Waals surface area contributed by atoms with Gasteiger partial charge in [0.05, 0.1) is 6.04 Å². The van der Waals surface area contributed by atoms with Crippen LogP contribution in [0.25, 0.3) is 0 Å². The Labute approximate surface area is 94.4 Å². The van der Waals surface area contributed by atoms with Crippen LogP contribution in [0.15, 0.2) is 40.4 Å². The number of hydrogen-bond acceptors (Lipinski definition) is 2. The van der Waals surface area contributed by atoms with E-state index in [2.05, 4.69) is 34.6 Å². The average Bonchev–Trinajstić information content (AvgIpc) is 2.30. The van der Waals surface area contributed by atoms with Crippen LogP contribution in [-0.2, 0) is 0 Å². The number of halogens is 1. The normalized spacial score (nSPS) is 42.1. The molecule has 2 heterocycles. The molecule has 3 heteroatoms. The molecule has 0 spiro atoms. The summed E-state index contributed by atoms with van der Waals surface area (Å²) in [7, 11) is 0. The molecule has 0 saturated heterocycles. The molecule has 4 unspecified atom stereocenters. The standard InChI is InChI=1S/C12H13ClN2/c13-10-7-8-3-1-5-14-11(8)12-9(10)4-2-6-15-12/h1-4,6-9,11-12,14H,5H2. The number of aliphatic imine (C=N–C) groups is 1. The molecule has 0 saturated carbocycles. The minimum atomic E-state index is 0.266. The number of fused-ring (bicyclic) bond motifs is 3. The van der Waals surface area contributed by atoms with E-state index in [-0.39, 0.29) is 12.0 Å². The summed E-state index contributed by atoms with van der Waals surface area (Å²) in [5.41, 5.74) is 0. The molecule has 0 aromatic carbocycles. The van der Waals surface area contributed by atoms with Crippen LogP contribution < -0.4 is 5.32 Å². The van der Waals surface area contributed by atoms with E-state index in [4.69, 9.17) is 11.6 Å². The van der Waals surface area contributed by atoms with Gasteiger partial charge in [0.2, 0.25) is 0 Å². The van der Waals surface area contributed by atoms with Crippen molar-refractivity contribution in [2.24, 2.45) is 16.8 Å². The largest absolute Gasteiger partial charge is 0.308 e. The Morgan fingerprint density at radius 1 is 1.40 bits per heavy atom. The molecule has 3 aliphatic rings. The smallest absolute Gasteiger partial charge is 0.0773 e. The highest BCUT2D eigenvalue weighted by molar-refractivity contribution is 6.30. The summed E-state index contributed by atoms with van der Waals surface area (Å²) >= 11 is 6.28. The van der Waals surface area contributed by atoms with E-state index in [9.17, 15) is 0 Å². The van der Waals surface area contributed by atoms with Crippen molar-refractivity contribution in [1.82, 2.24) is 5.32 Å². The fourth-order valence-electron chi connectivity index (χ4n) is 2.58. The molecule has 0 aromatic heterocycles. The van der Waals surface area contributed by atoms with Crippen LogP contribution in [-0.4, -0.2) is 24.8 Å². The molecule has 0 bridgehead atoms. The highest BCUT2D eigenvalue weighted by Crippen LogP contribution is 2.36. The third kappa shape index (κ3) is 1.48. The van der Waals surface area contributed by atoms with Crippen LogP contribution >= 0.6 is 11.6 Å². The molecule has 1 aliphatic carbocycles. The molecule has 0 radical (unpaired) electrons. The summed E-state index contributed by atoms with van der Waals surface area (Å²) < 4.78 is 0. The Balaban J connectivity index is 2.01. The van der Waals surface area contributed by atoms with E-state index < -0.39 is 0 Å². The lowest BCUT2D eigenvalue weighted by molar-refractivity contribution is 0.336. The van der Waals surface area contributed by atoms with Gasteiger partial charge >= 0.3 is 0 Å². The summed E-state index contributed by atoms with van der Waals surface area (Å²) in [5.74, 6) is 0.674. The first-order valence-corrected chi connectivity index (χ1v) is 5.71. The fraction of sp³-hybridized carbons (Fsp3) is 0.417. The SMILES string of the molecule is ClC1=CC2C=CCNC2C2N=CC=CC12. The monoisotopic (exact) mass is 220 g/mol. The van der Waals surface area contributed by atoms with Gasteiger partial charge < -0.3 is 5.32 Å². The van der Waals surface area contributed by atoms with Gasteiger partial charge in [-0.25, -0.2) is 0 Å². The molecule has 4 atom stereocenters. The summed E-state index contributed by atoms with van der Waals surface area (Å²) in [6.07, 6.45) is 12.6. The van der Waals surface area contributed by atoms with Crippen molar-refractivity contribution < 1.29 is 0 Å². The Hall–Kier alpha value is -0.860. The third-order valence-electron chi connectivity index (χ3n) is 3.31. The molecule has 0 fully saturated rings. The zero-order chi connectivity index (χ0) is 10.3. The lowest BCUT2D eigenvalue weighted by atomic mass is 9.77. The fourth-order valence-corrected chi connectivity index (χ4v) is 2.93. The van der Waals surface area contributed by atoms with Crippen molar-refractivity contribution in [2.45, 2.75) is 12.1 Å². The number of hydrogen-bond donors (Lipinski definition) is 1. The molecule has 0 amide bonds. The van der Waals surface area contributed by atoms with Gasteiger partial charge in [-0.05, 0) is 6.08 Å². The highest BCUT2D eigenvalue weighted by Gasteiger charge is 2.38. The van der Waals surface area contributed by atoms with Crippen LogP contribution in [0.4, 0.5) is 0 Å². The van der Waals surface area contributed by atoms with E-state index in [1.807, 2.05) is 12.3 Å². The molecular formula is C12H13ClN2. The Bertz CT molecular complexity index is 381. The third-order valence-corrected chi connectivity index (χ3v) is 3.69. The van der Waals surface area contributed by atoms with Crippen molar-refractivity contribution in [3.05, 3.63) is 35.4 Å². The van der Waals surface area contributed by atoms with E-state index in [1.165, 1.54) is 0 Å². The molecule has 2 nitrogen and oxygen atoms in total. The van der Waals surface area contributed by atoms with Crippen molar-refractivity contribution in [3.63, 3.8) is 0 Å². The van der Waals surface area contributed by atoms with Gasteiger partial charge in [0.1, 0.15) is 0 Å². The van der Waals surface area contributed by atoms with Gasteiger partial charge in [0.25, 0.3) is 0 Å². The molecule has 0 aromatic rings. The van der Waals surface area contributed by atoms with Gasteiger partial charge in [0.15, 0.2) is 0 Å². The van der Waals surface area contributed by atoms with Crippen molar-refractivity contribution >= 4 is 17.8 Å². The molecule has 15 heavy (non-hydrogen) atoms. The number of nitrogens with one attached hydrogen (secondary N) is 1. The molecule has 1 N–H and O–H groups in total. The van der Waals surface area contributed by atoms with Crippen LogP contribution in [0.5, 0.6) is 0 Å². The maximum atomic E-state index is 6.28. The Morgan fingerprint density at radius 3 is 3.27 bits per heavy atom. The number of dihydropyridines is 1. The number of rotatable bonds is 0. The minimum Gasteiger partial charge on any atom is -0.308 e. The zero-order valence-corrected chi connectivity index (χ0v) is 9.06. The first-order valence-electron chi connectivity index (χ1n) is 5.33. The second-order valence-electron chi connectivity index (χ2n) is 4.19. The van der Waals surface area contributed by atoms with Gasteiger partial charge in [0, 0.05) is 35.7 Å². The van der Waals surface area contributed by atoms with Crippen LogP contribution in [0, 0.1) is 11.8 Å². The summed E-state index contributed by atoms with van der Waals surface area (Å²) in [4.78, 5) is 4.55. The van der Waals surface area contributed by atoms with Gasteiger partial charge in [-0.15, -0.1) is 0 Å². The Kier molecular flexibility index (Phi) is 2.26. The maximum Gasteiger partial charge on any atom is 0.0773 e. The summed E-state index contributed by atoms with van der Waals surface area (Å²) in [6, 6.07) is 0.672. The first-order chi connectivity index (χ1) is 7.36. The van der Waals surface area contributed by atoms with E-state index in [0.29, 0.717) is 12.0 Å². The molecular weight excluding hydrogens is 208 g/mol. The van der Waals surface area contributed by atoms with E-state index in [1.54, 1.807) is 0 Å². The summed E-state index contributed by atoms with van der Waals surface area (Å²) in [6.45, 7) is 0.940. The molecule has 3 rings (SSSR count). The Morgan fingerprint density at radius 2 is 2.33 bits per heavy atom. The quantitative estimate of drug-likeness (QED) is 0.620. The maximum absolute atomic E-state index is 6.28. The van der Waals surface area contributed by atoms with Gasteiger partial charge in [-0.2, -0.15) is 0 Å². The molecule has 78 valence electrons. The zero-order valence-electron chi connectivity index (χ0n) is 8.31. The van der Waals surface area contributed by atoms with Crippen molar-refractivity contribution in [2.75, 3.05) is 6.54 Å². The van der Waals surface area contributed by atoms with E-state index in [0.717, 1.165) is 11.6 Å². The van der Waals surface area contributed by atoms with Crippen molar-refractivity contribution in [1.29, 1.82) is 0 Å². The first kappa shape index (κ1) is 9.37. The van der Waals surface area contributed by atoms with Crippen LogP contribution in [0.3, 0.4) is 0 Å². The van der Waals surface area contributed by atoms with E-state index >= 15 is 0 Å². The minimum absolute atomic E-state index is 0.266. The van der Waals surface area contributed by atoms with Crippen LogP contribution in [0.1, 0.15) is 0 Å². The summed E-state index contributed by atoms with van der Waals surface area (Å²) in [5, 5.41) is 4.44. The van der Waals surface area contributed by atoms with Crippen LogP contribution in [0.2, 0.25) is 0 Å². The van der Waals surface area contributed by atoms with Crippen molar-refractivity contribution in [3.8, 4) is 0 Å². The number of allylic oxidation sites excluding steroid dienone is 1. The topological polar surface area (TPSA) is 24.4 Å². The average molecular weight is 221 g/mol. The van der Waals surface area contributed by atoms with Gasteiger partial charge in [-0.1, -0.05) is 35.9 Å². The second kappa shape index (κ2) is 3.62. The number of nitrogens with zero attached hydrogens (tertiary/aromatic N) is 1. The highest BCUT2D eigenvalue weighted by atomic mass is 35.5. The van der Waals surface area contributed by atoms with Gasteiger partial charge in [-0.3, -0.25) is 4.99 Å². The lowest BCUT2D eigenvalue weighted by Crippen LogP contribution is -2.51. The predicted octanol–water partition coefficient (Wildman–Crippen LogP) is 1.89. The lowest BCUT2D eigenvalue weighted by Gasteiger charge is -2.40. The second-order valence-corrected chi connectivity index (χ2v) is 4.63. The molecule has 2 aliphatic heterocycles. The predicted molar refractivity (Wildman–Crippen MR) is 63.3 cm³/mol.